The lowest BCUT2D eigenvalue weighted by Gasteiger charge is -2.06. The van der Waals surface area contributed by atoms with Gasteiger partial charge in [0.2, 0.25) is 5.91 Å². The van der Waals surface area contributed by atoms with Gasteiger partial charge in [0, 0.05) is 24.5 Å². The van der Waals surface area contributed by atoms with Crippen LogP contribution in [0.5, 0.6) is 0 Å². The smallest absolute Gasteiger partial charge is 0.338 e. The van der Waals surface area contributed by atoms with Crippen molar-refractivity contribution in [3.8, 4) is 0 Å². The topological polar surface area (TPSA) is 81.2 Å². The number of esters is 1. The van der Waals surface area contributed by atoms with Gasteiger partial charge < -0.3 is 10.1 Å². The number of nitrogens with one attached hydrogen (secondary N) is 1. The Morgan fingerprint density at radius 3 is 2.45 bits per heavy atom. The molecule has 6 nitrogen and oxygen atoms in total. The molecule has 1 N–H and O–H groups in total. The van der Waals surface area contributed by atoms with Gasteiger partial charge >= 0.3 is 5.97 Å². The van der Waals surface area contributed by atoms with Crippen molar-refractivity contribution in [3.05, 3.63) is 54.1 Å². The minimum atomic E-state index is -0.371. The third kappa shape index (κ3) is 4.66. The molecule has 1 amide bonds. The van der Waals surface area contributed by atoms with E-state index >= 15 is 0 Å². The Morgan fingerprint density at radius 1 is 1.14 bits per heavy atom. The van der Waals surface area contributed by atoms with Crippen LogP contribution in [0, 0.1) is 0 Å². The van der Waals surface area contributed by atoms with E-state index in [-0.39, 0.29) is 11.9 Å². The maximum atomic E-state index is 11.9. The second kappa shape index (κ2) is 7.87. The van der Waals surface area contributed by atoms with Gasteiger partial charge in [-0.1, -0.05) is 0 Å². The van der Waals surface area contributed by atoms with E-state index in [9.17, 15) is 9.59 Å². The van der Waals surface area contributed by atoms with Crippen LogP contribution in [0.2, 0.25) is 0 Å². The molecule has 2 rings (SSSR count). The molecule has 0 atom stereocenters. The van der Waals surface area contributed by atoms with Gasteiger partial charge in [-0.15, -0.1) is 0 Å². The summed E-state index contributed by atoms with van der Waals surface area (Å²) in [7, 11) is 0. The van der Waals surface area contributed by atoms with Crippen LogP contribution in [0.1, 0.15) is 29.3 Å². The van der Waals surface area contributed by atoms with Gasteiger partial charge in [-0.25, -0.2) is 14.8 Å². The summed E-state index contributed by atoms with van der Waals surface area (Å²) in [5.41, 5.74) is 2.01. The van der Waals surface area contributed by atoms with E-state index in [1.54, 1.807) is 43.6 Å². The van der Waals surface area contributed by atoms with Crippen molar-refractivity contribution in [2.24, 2.45) is 0 Å². The molecular weight excluding hydrogens is 282 g/mol. The van der Waals surface area contributed by atoms with Crippen molar-refractivity contribution in [2.75, 3.05) is 11.9 Å². The molecular formula is C16H17N3O3. The van der Waals surface area contributed by atoms with Gasteiger partial charge in [0.05, 0.1) is 12.2 Å². The number of hydrogen-bond donors (Lipinski definition) is 1. The minimum absolute atomic E-state index is 0.104. The van der Waals surface area contributed by atoms with E-state index in [0.29, 0.717) is 30.7 Å². The van der Waals surface area contributed by atoms with Crippen LogP contribution in [0.25, 0.3) is 0 Å². The molecule has 0 unspecified atom stereocenters. The second-order valence-electron chi connectivity index (χ2n) is 4.59. The number of aromatic nitrogens is 2. The molecule has 0 aliphatic carbocycles. The van der Waals surface area contributed by atoms with Crippen LogP contribution in [0.4, 0.5) is 5.69 Å². The van der Waals surface area contributed by atoms with Crippen molar-refractivity contribution >= 4 is 17.6 Å². The first-order valence-electron chi connectivity index (χ1n) is 7.00. The number of rotatable bonds is 6. The van der Waals surface area contributed by atoms with Crippen molar-refractivity contribution in [1.82, 2.24) is 9.97 Å². The lowest BCUT2D eigenvalue weighted by atomic mass is 10.1. The molecule has 1 heterocycles. The highest BCUT2D eigenvalue weighted by atomic mass is 16.5. The summed E-state index contributed by atoms with van der Waals surface area (Å²) < 4.78 is 4.90. The lowest BCUT2D eigenvalue weighted by Crippen LogP contribution is -2.12. The molecule has 1 aromatic heterocycles. The van der Waals surface area contributed by atoms with Gasteiger partial charge in [0.1, 0.15) is 6.33 Å². The van der Waals surface area contributed by atoms with Crippen molar-refractivity contribution in [3.63, 3.8) is 0 Å². The van der Waals surface area contributed by atoms with E-state index in [4.69, 9.17) is 4.74 Å². The Bertz CT molecular complexity index is 627. The Hall–Kier alpha value is -2.76. The molecule has 0 saturated heterocycles. The Morgan fingerprint density at radius 2 is 1.82 bits per heavy atom. The Kier molecular flexibility index (Phi) is 5.59. The average molecular weight is 299 g/mol. The summed E-state index contributed by atoms with van der Waals surface area (Å²) in [4.78, 5) is 31.2. The van der Waals surface area contributed by atoms with E-state index in [0.717, 1.165) is 5.56 Å². The van der Waals surface area contributed by atoms with Crippen LogP contribution in [0.3, 0.4) is 0 Å². The van der Waals surface area contributed by atoms with Crippen molar-refractivity contribution in [2.45, 2.75) is 19.8 Å². The summed E-state index contributed by atoms with van der Waals surface area (Å²) >= 11 is 0. The lowest BCUT2D eigenvalue weighted by molar-refractivity contribution is -0.116. The number of carbonyl (C=O) groups excluding carboxylic acids is 2. The molecule has 0 spiro atoms. The van der Waals surface area contributed by atoms with Crippen molar-refractivity contribution < 1.29 is 14.3 Å². The molecule has 0 fully saturated rings. The molecule has 2 aromatic rings. The summed E-state index contributed by atoms with van der Waals surface area (Å²) in [6, 6.07) is 6.60. The zero-order valence-corrected chi connectivity index (χ0v) is 12.3. The predicted molar refractivity (Wildman–Crippen MR) is 81.4 cm³/mol. The molecule has 0 aliphatic rings. The maximum Gasteiger partial charge on any atom is 0.338 e. The van der Waals surface area contributed by atoms with Gasteiger partial charge in [-0.2, -0.15) is 0 Å². The summed E-state index contributed by atoms with van der Waals surface area (Å²) in [5, 5.41) is 2.78. The van der Waals surface area contributed by atoms with Crippen molar-refractivity contribution in [1.29, 1.82) is 0 Å². The van der Waals surface area contributed by atoms with Gasteiger partial charge in [0.15, 0.2) is 0 Å². The molecule has 0 radical (unpaired) electrons. The van der Waals surface area contributed by atoms with E-state index in [2.05, 4.69) is 15.3 Å². The van der Waals surface area contributed by atoms with E-state index < -0.39 is 0 Å². The monoisotopic (exact) mass is 299 g/mol. The Balaban J connectivity index is 1.85. The molecule has 6 heteroatoms. The third-order valence-electron chi connectivity index (χ3n) is 2.93. The first-order chi connectivity index (χ1) is 10.7. The first kappa shape index (κ1) is 15.6. The Labute approximate surface area is 128 Å². The quantitative estimate of drug-likeness (QED) is 0.827. The SMILES string of the molecule is CCOC(=O)c1ccc(NC(=O)CCc2cncnc2)cc1. The zero-order chi connectivity index (χ0) is 15.8. The van der Waals surface area contributed by atoms with E-state index in [1.807, 2.05) is 0 Å². The van der Waals surface area contributed by atoms with E-state index in [1.165, 1.54) is 6.33 Å². The predicted octanol–water partition coefficient (Wildman–Crippen LogP) is 2.22. The third-order valence-corrected chi connectivity index (χ3v) is 2.93. The minimum Gasteiger partial charge on any atom is -0.462 e. The average Bonchev–Trinajstić information content (AvgIpc) is 2.55. The van der Waals surface area contributed by atoms with Crippen LogP contribution in [0.15, 0.2) is 43.0 Å². The van der Waals surface area contributed by atoms with Gasteiger partial charge in [-0.05, 0) is 43.2 Å². The largest absolute Gasteiger partial charge is 0.462 e. The van der Waals surface area contributed by atoms with Crippen LogP contribution in [-0.2, 0) is 16.0 Å². The van der Waals surface area contributed by atoms with Gasteiger partial charge in [-0.3, -0.25) is 4.79 Å². The molecule has 0 aliphatic heterocycles. The second-order valence-corrected chi connectivity index (χ2v) is 4.59. The highest BCUT2D eigenvalue weighted by Gasteiger charge is 2.07. The number of ether oxygens (including phenoxy) is 1. The number of benzene rings is 1. The molecule has 0 saturated carbocycles. The van der Waals surface area contributed by atoms with Crippen LogP contribution in [-0.4, -0.2) is 28.5 Å². The number of nitrogens with zero attached hydrogens (tertiary/aromatic N) is 2. The zero-order valence-electron chi connectivity index (χ0n) is 12.3. The summed E-state index contributed by atoms with van der Waals surface area (Å²) in [6.45, 7) is 2.09. The number of aryl methyl sites for hydroxylation is 1. The normalized spacial score (nSPS) is 10.0. The fourth-order valence-electron chi connectivity index (χ4n) is 1.84. The highest BCUT2D eigenvalue weighted by Crippen LogP contribution is 2.11. The van der Waals surface area contributed by atoms with Gasteiger partial charge in [0.25, 0.3) is 0 Å². The highest BCUT2D eigenvalue weighted by molar-refractivity contribution is 5.93. The number of amides is 1. The number of carbonyl (C=O) groups is 2. The molecule has 22 heavy (non-hydrogen) atoms. The number of hydrogen-bond acceptors (Lipinski definition) is 5. The maximum absolute atomic E-state index is 11.9. The summed E-state index contributed by atoms with van der Waals surface area (Å²) in [5.74, 6) is -0.475. The molecule has 1 aromatic carbocycles. The van der Waals surface area contributed by atoms with Crippen LogP contribution >= 0.6 is 0 Å². The first-order valence-corrected chi connectivity index (χ1v) is 7.00. The summed E-state index contributed by atoms with van der Waals surface area (Å²) in [6.07, 6.45) is 5.75. The fourth-order valence-corrected chi connectivity index (χ4v) is 1.84. The number of anilines is 1. The van der Waals surface area contributed by atoms with Crippen LogP contribution < -0.4 is 5.32 Å². The molecule has 0 bridgehead atoms. The molecule has 114 valence electrons. The standard InChI is InChI=1S/C16H17N3O3/c1-2-22-16(21)13-4-6-14(7-5-13)19-15(20)8-3-12-9-17-11-18-10-12/h4-7,9-11H,2-3,8H2,1H3,(H,19,20). The fraction of sp³-hybridized carbons (Fsp3) is 0.250.